The largest absolute Gasteiger partial charge is 0.460 e. The second-order valence-corrected chi connectivity index (χ2v) is 5.77. The summed E-state index contributed by atoms with van der Waals surface area (Å²) in [6, 6.07) is 3.91. The van der Waals surface area contributed by atoms with E-state index in [-0.39, 0.29) is 6.61 Å². The summed E-state index contributed by atoms with van der Waals surface area (Å²) >= 11 is 1.85. The molecule has 0 unspecified atom stereocenters. The molecule has 2 aromatic rings. The summed E-state index contributed by atoms with van der Waals surface area (Å²) in [5, 5.41) is 19.2. The van der Waals surface area contributed by atoms with E-state index in [0.29, 0.717) is 0 Å². The Morgan fingerprint density at radius 1 is 1.40 bits per heavy atom. The minimum atomic E-state index is 0.279. The molecule has 0 bridgehead atoms. The quantitative estimate of drug-likeness (QED) is 0.618. The van der Waals surface area contributed by atoms with Crippen LogP contribution < -0.4 is 5.32 Å². The third kappa shape index (κ3) is 4.40. The molecule has 110 valence electrons. The Labute approximate surface area is 123 Å². The Hall–Kier alpha value is -1.24. The topological polar surface area (TPSA) is 74.1 Å². The van der Waals surface area contributed by atoms with Crippen molar-refractivity contribution < 1.29 is 9.52 Å². The van der Waals surface area contributed by atoms with Gasteiger partial charge in [0, 0.05) is 31.0 Å². The molecule has 0 radical (unpaired) electrons. The van der Waals surface area contributed by atoms with Gasteiger partial charge in [-0.3, -0.25) is 5.10 Å². The van der Waals surface area contributed by atoms with Crippen molar-refractivity contribution in [2.45, 2.75) is 19.9 Å². The molecule has 2 heterocycles. The molecule has 0 aliphatic heterocycles. The Bertz CT molecular complexity index is 510. The Morgan fingerprint density at radius 2 is 2.30 bits per heavy atom. The summed E-state index contributed by atoms with van der Waals surface area (Å²) < 4.78 is 5.61. The van der Waals surface area contributed by atoms with Gasteiger partial charge >= 0.3 is 0 Å². The molecule has 0 atom stereocenters. The lowest BCUT2D eigenvalue weighted by molar-refractivity contribution is 0.296. The number of hydrogen-bond donors (Lipinski definition) is 3. The Morgan fingerprint density at radius 3 is 3.05 bits per heavy atom. The van der Waals surface area contributed by atoms with Gasteiger partial charge in [0.15, 0.2) is 5.76 Å². The molecule has 0 spiro atoms. The molecular weight excluding hydrogens is 274 g/mol. The second kappa shape index (κ2) is 8.14. The Balaban J connectivity index is 1.75. The zero-order valence-electron chi connectivity index (χ0n) is 11.7. The summed E-state index contributed by atoms with van der Waals surface area (Å²) in [7, 11) is 0. The van der Waals surface area contributed by atoms with Crippen LogP contribution in [0.25, 0.3) is 11.5 Å². The van der Waals surface area contributed by atoms with Crippen LogP contribution in [0.2, 0.25) is 0 Å². The van der Waals surface area contributed by atoms with Gasteiger partial charge in [0.1, 0.15) is 11.5 Å². The lowest BCUT2D eigenvalue weighted by Crippen LogP contribution is -2.16. The third-order valence-electron chi connectivity index (χ3n) is 2.89. The van der Waals surface area contributed by atoms with Crippen LogP contribution in [0.3, 0.4) is 0 Å². The number of nitrogens with one attached hydrogen (secondary N) is 2. The fourth-order valence-corrected chi connectivity index (χ4v) is 2.69. The van der Waals surface area contributed by atoms with E-state index in [9.17, 15) is 0 Å². The van der Waals surface area contributed by atoms with Gasteiger partial charge in [-0.05, 0) is 31.2 Å². The van der Waals surface area contributed by atoms with E-state index in [1.165, 1.54) is 0 Å². The van der Waals surface area contributed by atoms with Crippen molar-refractivity contribution in [3.05, 3.63) is 29.7 Å². The summed E-state index contributed by atoms with van der Waals surface area (Å²) in [6.45, 7) is 3.92. The van der Waals surface area contributed by atoms with Crippen LogP contribution in [-0.4, -0.2) is 40.0 Å². The number of nitrogens with zero attached hydrogens (tertiary/aromatic N) is 1. The fraction of sp³-hybridized carbons (Fsp3) is 0.500. The van der Waals surface area contributed by atoms with Gasteiger partial charge in [-0.2, -0.15) is 16.9 Å². The highest BCUT2D eigenvalue weighted by Gasteiger charge is 2.10. The number of hydrogen-bond acceptors (Lipinski definition) is 5. The first-order valence-corrected chi connectivity index (χ1v) is 7.95. The van der Waals surface area contributed by atoms with Crippen LogP contribution in [-0.2, 0) is 6.54 Å². The number of aliphatic hydroxyl groups is 1. The smallest absolute Gasteiger partial charge is 0.152 e. The average Bonchev–Trinajstić information content (AvgIpc) is 3.06. The van der Waals surface area contributed by atoms with Crippen LogP contribution in [0.1, 0.15) is 17.7 Å². The van der Waals surface area contributed by atoms with Crippen LogP contribution in [0.15, 0.2) is 22.7 Å². The van der Waals surface area contributed by atoms with E-state index in [1.807, 2.05) is 37.0 Å². The maximum Gasteiger partial charge on any atom is 0.152 e. The molecule has 2 aromatic heterocycles. The molecular formula is C14H21N3O2S. The Kier molecular flexibility index (Phi) is 6.17. The van der Waals surface area contributed by atoms with Crippen molar-refractivity contribution in [3.8, 4) is 11.5 Å². The van der Waals surface area contributed by atoms with Crippen LogP contribution in [0, 0.1) is 6.92 Å². The van der Waals surface area contributed by atoms with E-state index in [1.54, 1.807) is 0 Å². The standard InChI is InChI=1S/C14H21N3O2S/c1-11-3-4-13(19-11)14-12(10-16-17-14)9-15-5-8-20-7-2-6-18/h3-4,10,15,18H,2,5-9H2,1H3,(H,16,17). The summed E-state index contributed by atoms with van der Waals surface area (Å²) in [5.74, 6) is 3.79. The summed E-state index contributed by atoms with van der Waals surface area (Å²) in [4.78, 5) is 0. The van der Waals surface area contributed by atoms with Gasteiger partial charge in [-0.25, -0.2) is 0 Å². The zero-order valence-corrected chi connectivity index (χ0v) is 12.5. The lowest BCUT2D eigenvalue weighted by atomic mass is 10.2. The van der Waals surface area contributed by atoms with Gasteiger partial charge < -0.3 is 14.8 Å². The maximum atomic E-state index is 8.69. The maximum absolute atomic E-state index is 8.69. The SMILES string of the molecule is Cc1ccc(-c2[nH]ncc2CNCCSCCCO)o1. The summed E-state index contributed by atoms with van der Waals surface area (Å²) in [6.07, 6.45) is 2.70. The first-order chi connectivity index (χ1) is 9.81. The van der Waals surface area contributed by atoms with Crippen LogP contribution in [0.5, 0.6) is 0 Å². The predicted molar refractivity (Wildman–Crippen MR) is 81.8 cm³/mol. The number of aromatic amines is 1. The highest BCUT2D eigenvalue weighted by Crippen LogP contribution is 2.23. The number of rotatable bonds is 9. The van der Waals surface area contributed by atoms with E-state index in [0.717, 1.165) is 53.8 Å². The second-order valence-electron chi connectivity index (χ2n) is 4.55. The van der Waals surface area contributed by atoms with Gasteiger partial charge in [-0.15, -0.1) is 0 Å². The van der Waals surface area contributed by atoms with E-state index < -0.39 is 0 Å². The fourth-order valence-electron chi connectivity index (χ4n) is 1.86. The van der Waals surface area contributed by atoms with Gasteiger partial charge in [0.25, 0.3) is 0 Å². The zero-order chi connectivity index (χ0) is 14.2. The molecule has 0 fully saturated rings. The normalized spacial score (nSPS) is 11.1. The molecule has 0 saturated heterocycles. The minimum Gasteiger partial charge on any atom is -0.460 e. The van der Waals surface area contributed by atoms with Crippen LogP contribution in [0.4, 0.5) is 0 Å². The van der Waals surface area contributed by atoms with Crippen LogP contribution >= 0.6 is 11.8 Å². The molecule has 5 nitrogen and oxygen atoms in total. The van der Waals surface area contributed by atoms with Gasteiger partial charge in [0.2, 0.25) is 0 Å². The van der Waals surface area contributed by atoms with Crippen molar-refractivity contribution in [2.24, 2.45) is 0 Å². The minimum absolute atomic E-state index is 0.279. The molecule has 2 rings (SSSR count). The number of aliphatic hydroxyl groups excluding tert-OH is 1. The average molecular weight is 295 g/mol. The molecule has 0 aliphatic rings. The number of aryl methyl sites for hydroxylation is 1. The van der Waals surface area contributed by atoms with Crippen molar-refractivity contribution >= 4 is 11.8 Å². The number of thioether (sulfide) groups is 1. The van der Waals surface area contributed by atoms with E-state index in [4.69, 9.17) is 9.52 Å². The van der Waals surface area contributed by atoms with Crippen molar-refractivity contribution in [1.29, 1.82) is 0 Å². The highest BCUT2D eigenvalue weighted by atomic mass is 32.2. The van der Waals surface area contributed by atoms with Crippen molar-refractivity contribution in [1.82, 2.24) is 15.5 Å². The monoisotopic (exact) mass is 295 g/mol. The molecule has 0 aliphatic carbocycles. The van der Waals surface area contributed by atoms with Crippen molar-refractivity contribution in [2.75, 3.05) is 24.7 Å². The first kappa shape index (κ1) is 15.2. The van der Waals surface area contributed by atoms with E-state index in [2.05, 4.69) is 15.5 Å². The van der Waals surface area contributed by atoms with Gasteiger partial charge in [-0.1, -0.05) is 0 Å². The highest BCUT2D eigenvalue weighted by molar-refractivity contribution is 7.99. The molecule has 20 heavy (non-hydrogen) atoms. The van der Waals surface area contributed by atoms with Crippen molar-refractivity contribution in [3.63, 3.8) is 0 Å². The lowest BCUT2D eigenvalue weighted by Gasteiger charge is -2.04. The number of furan rings is 1. The molecule has 6 heteroatoms. The van der Waals surface area contributed by atoms with E-state index >= 15 is 0 Å². The number of H-pyrrole nitrogens is 1. The number of aromatic nitrogens is 2. The summed E-state index contributed by atoms with van der Waals surface area (Å²) in [5.41, 5.74) is 2.05. The molecule has 0 aromatic carbocycles. The van der Waals surface area contributed by atoms with Gasteiger partial charge in [0.05, 0.1) is 6.20 Å². The molecule has 0 amide bonds. The molecule has 3 N–H and O–H groups in total. The third-order valence-corrected chi connectivity index (χ3v) is 3.96. The first-order valence-electron chi connectivity index (χ1n) is 6.79. The molecule has 0 saturated carbocycles. The predicted octanol–water partition coefficient (Wildman–Crippen LogP) is 2.18.